The quantitative estimate of drug-likeness (QED) is 0.594. The molecule has 0 radical (unpaired) electrons. The Bertz CT molecular complexity index is 235. The minimum atomic E-state index is 0.108. The number of ether oxygens (including phenoxy) is 1. The highest BCUT2D eigenvalue weighted by Crippen LogP contribution is 2.23. The number of nitrogens with one attached hydrogen (secondary N) is 2. The molecule has 16 heavy (non-hydrogen) atoms. The van der Waals surface area contributed by atoms with Gasteiger partial charge in [-0.25, -0.2) is 0 Å². The van der Waals surface area contributed by atoms with E-state index < -0.39 is 0 Å². The molecule has 1 amide bonds. The van der Waals surface area contributed by atoms with Crippen LogP contribution in [-0.2, 0) is 9.53 Å². The monoisotopic (exact) mass is 227 g/mol. The standard InChI is InChI=1S/C11H21N3O2/c1-16-5-4-13-11(15)8-14-6-9-2-3-12-10(9)7-14/h9-10,12H,2-8H2,1H3,(H,13,15)/t9-,10+/m0/s1. The highest BCUT2D eigenvalue weighted by Gasteiger charge is 2.36. The van der Waals surface area contributed by atoms with E-state index in [1.54, 1.807) is 7.11 Å². The molecule has 0 aromatic carbocycles. The Morgan fingerprint density at radius 2 is 2.44 bits per heavy atom. The van der Waals surface area contributed by atoms with Crippen molar-refractivity contribution in [1.29, 1.82) is 0 Å². The summed E-state index contributed by atoms with van der Waals surface area (Å²) in [6, 6.07) is 0.617. The van der Waals surface area contributed by atoms with Crippen molar-refractivity contribution in [3.8, 4) is 0 Å². The third-order valence-corrected chi connectivity index (χ3v) is 3.43. The van der Waals surface area contributed by atoms with Crippen LogP contribution in [0.3, 0.4) is 0 Å². The molecule has 2 N–H and O–H groups in total. The van der Waals surface area contributed by atoms with E-state index in [9.17, 15) is 4.79 Å². The number of amides is 1. The van der Waals surface area contributed by atoms with Gasteiger partial charge in [0.15, 0.2) is 0 Å². The number of nitrogens with zero attached hydrogens (tertiary/aromatic N) is 1. The van der Waals surface area contributed by atoms with Crippen molar-refractivity contribution in [2.24, 2.45) is 5.92 Å². The van der Waals surface area contributed by atoms with Crippen LogP contribution in [0.4, 0.5) is 0 Å². The normalized spacial score (nSPS) is 29.3. The molecule has 5 nitrogen and oxygen atoms in total. The number of likely N-dealkylation sites (tertiary alicyclic amines) is 1. The minimum Gasteiger partial charge on any atom is -0.383 e. The Kier molecular flexibility index (Phi) is 4.15. The lowest BCUT2D eigenvalue weighted by atomic mass is 10.1. The summed E-state index contributed by atoms with van der Waals surface area (Å²) in [4.78, 5) is 13.8. The number of hydrogen-bond donors (Lipinski definition) is 2. The largest absolute Gasteiger partial charge is 0.383 e. The van der Waals surface area contributed by atoms with Crippen molar-refractivity contribution in [2.45, 2.75) is 12.5 Å². The second-order valence-corrected chi connectivity index (χ2v) is 4.65. The summed E-state index contributed by atoms with van der Waals surface area (Å²) >= 11 is 0. The molecule has 2 aliphatic heterocycles. The second kappa shape index (κ2) is 5.61. The number of carbonyl (C=O) groups excluding carboxylic acids is 1. The molecule has 2 rings (SSSR count). The summed E-state index contributed by atoms with van der Waals surface area (Å²) in [5, 5.41) is 6.33. The van der Waals surface area contributed by atoms with Gasteiger partial charge in [0, 0.05) is 32.8 Å². The summed E-state index contributed by atoms with van der Waals surface area (Å²) in [6.07, 6.45) is 1.26. The van der Waals surface area contributed by atoms with Gasteiger partial charge >= 0.3 is 0 Å². The van der Waals surface area contributed by atoms with E-state index in [4.69, 9.17) is 4.74 Å². The third-order valence-electron chi connectivity index (χ3n) is 3.43. The fourth-order valence-electron chi connectivity index (χ4n) is 2.62. The summed E-state index contributed by atoms with van der Waals surface area (Å²) in [7, 11) is 1.64. The van der Waals surface area contributed by atoms with E-state index >= 15 is 0 Å². The number of hydrogen-bond acceptors (Lipinski definition) is 4. The van der Waals surface area contributed by atoms with Gasteiger partial charge < -0.3 is 15.4 Å². The van der Waals surface area contributed by atoms with Crippen LogP contribution in [0.25, 0.3) is 0 Å². The van der Waals surface area contributed by atoms with Crippen molar-refractivity contribution in [1.82, 2.24) is 15.5 Å². The topological polar surface area (TPSA) is 53.6 Å². The van der Waals surface area contributed by atoms with Crippen LogP contribution in [0, 0.1) is 5.92 Å². The first kappa shape index (κ1) is 11.8. The molecule has 2 atom stereocenters. The summed E-state index contributed by atoms with van der Waals surface area (Å²) in [6.45, 7) is 4.94. The first-order valence-corrected chi connectivity index (χ1v) is 6.01. The van der Waals surface area contributed by atoms with Crippen molar-refractivity contribution in [3.63, 3.8) is 0 Å². The number of carbonyl (C=O) groups is 1. The van der Waals surface area contributed by atoms with E-state index in [0.29, 0.717) is 25.7 Å². The van der Waals surface area contributed by atoms with Crippen LogP contribution in [0.5, 0.6) is 0 Å². The first-order chi connectivity index (χ1) is 7.79. The van der Waals surface area contributed by atoms with Gasteiger partial charge in [-0.2, -0.15) is 0 Å². The fraction of sp³-hybridized carbons (Fsp3) is 0.909. The molecule has 0 unspecified atom stereocenters. The zero-order chi connectivity index (χ0) is 11.4. The summed E-state index contributed by atoms with van der Waals surface area (Å²) < 4.78 is 4.88. The maximum Gasteiger partial charge on any atom is 0.234 e. The molecule has 0 saturated carbocycles. The van der Waals surface area contributed by atoms with E-state index in [-0.39, 0.29) is 5.91 Å². The average molecular weight is 227 g/mol. The van der Waals surface area contributed by atoms with Crippen LogP contribution >= 0.6 is 0 Å². The van der Waals surface area contributed by atoms with Gasteiger partial charge in [-0.15, -0.1) is 0 Å². The second-order valence-electron chi connectivity index (χ2n) is 4.65. The maximum absolute atomic E-state index is 11.6. The fourth-order valence-corrected chi connectivity index (χ4v) is 2.62. The van der Waals surface area contributed by atoms with Crippen LogP contribution in [-0.4, -0.2) is 63.3 Å². The van der Waals surface area contributed by atoms with E-state index in [0.717, 1.165) is 25.6 Å². The van der Waals surface area contributed by atoms with Crippen molar-refractivity contribution in [3.05, 3.63) is 0 Å². The predicted molar refractivity (Wildman–Crippen MR) is 61.2 cm³/mol. The molecule has 0 aliphatic carbocycles. The van der Waals surface area contributed by atoms with Crippen LogP contribution in [0.1, 0.15) is 6.42 Å². The Labute approximate surface area is 96.5 Å². The first-order valence-electron chi connectivity index (χ1n) is 6.01. The van der Waals surface area contributed by atoms with Gasteiger partial charge in [-0.1, -0.05) is 0 Å². The zero-order valence-electron chi connectivity index (χ0n) is 9.87. The minimum absolute atomic E-state index is 0.108. The third kappa shape index (κ3) is 2.93. The number of rotatable bonds is 5. The molecule has 2 saturated heterocycles. The molecular weight excluding hydrogens is 206 g/mol. The lowest BCUT2D eigenvalue weighted by Crippen LogP contribution is -2.39. The molecule has 92 valence electrons. The molecule has 2 fully saturated rings. The van der Waals surface area contributed by atoms with Gasteiger partial charge in [0.05, 0.1) is 13.2 Å². The molecule has 2 aliphatic rings. The lowest BCUT2D eigenvalue weighted by Gasteiger charge is -2.16. The summed E-state index contributed by atoms with van der Waals surface area (Å²) in [5.74, 6) is 0.865. The predicted octanol–water partition coefficient (Wildman–Crippen LogP) is -0.957. The zero-order valence-corrected chi connectivity index (χ0v) is 9.87. The molecule has 0 bridgehead atoms. The molecule has 5 heteroatoms. The van der Waals surface area contributed by atoms with Gasteiger partial charge in [-0.3, -0.25) is 9.69 Å². The van der Waals surface area contributed by atoms with Gasteiger partial charge in [0.1, 0.15) is 0 Å². The van der Waals surface area contributed by atoms with Crippen LogP contribution in [0.2, 0.25) is 0 Å². The van der Waals surface area contributed by atoms with Crippen LogP contribution in [0.15, 0.2) is 0 Å². The Hall–Kier alpha value is -0.650. The molecule has 0 aromatic rings. The molecule has 0 aromatic heterocycles. The Morgan fingerprint density at radius 1 is 1.56 bits per heavy atom. The molecular formula is C11H21N3O2. The van der Waals surface area contributed by atoms with Crippen molar-refractivity contribution in [2.75, 3.05) is 46.4 Å². The number of methoxy groups -OCH3 is 1. The van der Waals surface area contributed by atoms with Gasteiger partial charge in [0.2, 0.25) is 5.91 Å². The highest BCUT2D eigenvalue weighted by molar-refractivity contribution is 5.78. The van der Waals surface area contributed by atoms with Crippen LogP contribution < -0.4 is 10.6 Å². The van der Waals surface area contributed by atoms with Crippen molar-refractivity contribution < 1.29 is 9.53 Å². The van der Waals surface area contributed by atoms with E-state index in [2.05, 4.69) is 15.5 Å². The maximum atomic E-state index is 11.6. The average Bonchev–Trinajstić information content (AvgIpc) is 2.78. The molecule has 0 spiro atoms. The number of fused-ring (bicyclic) bond motifs is 1. The Morgan fingerprint density at radius 3 is 3.19 bits per heavy atom. The lowest BCUT2D eigenvalue weighted by molar-refractivity contribution is -0.122. The van der Waals surface area contributed by atoms with Crippen molar-refractivity contribution >= 4 is 5.91 Å². The van der Waals surface area contributed by atoms with E-state index in [1.807, 2.05) is 0 Å². The SMILES string of the molecule is COCCNC(=O)CN1C[C@@H]2CCN[C@@H]2C1. The summed E-state index contributed by atoms with van der Waals surface area (Å²) in [5.41, 5.74) is 0. The van der Waals surface area contributed by atoms with Gasteiger partial charge in [-0.05, 0) is 18.9 Å². The Balaban J connectivity index is 1.65. The van der Waals surface area contributed by atoms with Gasteiger partial charge in [0.25, 0.3) is 0 Å². The highest BCUT2D eigenvalue weighted by atomic mass is 16.5. The van der Waals surface area contributed by atoms with E-state index in [1.165, 1.54) is 6.42 Å². The molecule has 2 heterocycles. The smallest absolute Gasteiger partial charge is 0.234 e.